The van der Waals surface area contributed by atoms with E-state index in [1.165, 1.54) is 64.2 Å². The van der Waals surface area contributed by atoms with Gasteiger partial charge in [0, 0.05) is 12.8 Å². The Morgan fingerprint density at radius 3 is 1.50 bits per heavy atom. The average Bonchev–Trinajstić information content (AvgIpc) is 3.15. The number of carbonyl (C=O) groups excluding carboxylic acids is 2. The van der Waals surface area contributed by atoms with Crippen LogP contribution >= 0.6 is 7.82 Å². The van der Waals surface area contributed by atoms with Crippen LogP contribution in [0.15, 0.2) is 60.8 Å². The number of ether oxygens (including phenoxy) is 2. The van der Waals surface area contributed by atoms with Crippen LogP contribution in [0.3, 0.4) is 0 Å². The molecule has 0 bridgehead atoms. The Labute approximate surface area is 343 Å². The van der Waals surface area contributed by atoms with Gasteiger partial charge in [0.25, 0.3) is 0 Å². The van der Waals surface area contributed by atoms with Crippen LogP contribution in [-0.4, -0.2) is 74.9 Å². The standard InChI is InChI=1S/C46H82NO8P/c1-6-8-10-12-14-16-18-20-22-23-25-27-29-31-33-35-37-39-46(49)55-44(43-54-56(50,51)53-41-40-47(3,4)5)42-52-45(48)38-36-34-32-30-28-26-24-21-19-17-15-13-11-9-7-2/h14,16,20-22,24-25,27-28,30,44H,6-13,15,17-19,23,26,29,31-43H2,1-5H3/p+1/b16-14+,22-20+,24-21+,27-25+,30-28+/t44-/m1/s1. The second-order valence-corrected chi connectivity index (χ2v) is 17.2. The van der Waals surface area contributed by atoms with Gasteiger partial charge in [0.2, 0.25) is 0 Å². The van der Waals surface area contributed by atoms with Gasteiger partial charge in [0.05, 0.1) is 27.7 Å². The smallest absolute Gasteiger partial charge is 0.462 e. The van der Waals surface area contributed by atoms with Gasteiger partial charge in [-0.15, -0.1) is 0 Å². The van der Waals surface area contributed by atoms with Crippen LogP contribution in [0.1, 0.15) is 168 Å². The minimum Gasteiger partial charge on any atom is -0.462 e. The Balaban J connectivity index is 4.47. The van der Waals surface area contributed by atoms with Crippen molar-refractivity contribution in [1.29, 1.82) is 0 Å². The number of allylic oxidation sites excluding steroid dienone is 10. The first-order valence-corrected chi connectivity index (χ1v) is 23.5. The Bertz CT molecular complexity index is 1140. The normalized spacial score (nSPS) is 14.2. The van der Waals surface area contributed by atoms with Crippen LogP contribution in [0.5, 0.6) is 0 Å². The van der Waals surface area contributed by atoms with Crippen LogP contribution in [-0.2, 0) is 32.7 Å². The molecule has 1 unspecified atom stereocenters. The number of hydrogen-bond acceptors (Lipinski definition) is 7. The van der Waals surface area contributed by atoms with E-state index in [-0.39, 0.29) is 26.1 Å². The van der Waals surface area contributed by atoms with Crippen LogP contribution in [0, 0.1) is 0 Å². The maximum absolute atomic E-state index is 12.7. The molecule has 56 heavy (non-hydrogen) atoms. The van der Waals surface area contributed by atoms with Crippen molar-refractivity contribution in [1.82, 2.24) is 0 Å². The second kappa shape index (κ2) is 38.2. The number of rotatable bonds is 39. The van der Waals surface area contributed by atoms with Gasteiger partial charge in [-0.25, -0.2) is 4.57 Å². The Kier molecular flexibility index (Phi) is 36.7. The molecule has 0 saturated carbocycles. The van der Waals surface area contributed by atoms with Gasteiger partial charge in [0.15, 0.2) is 6.10 Å². The molecular weight excluding hydrogens is 725 g/mol. The van der Waals surface area contributed by atoms with Crippen molar-refractivity contribution >= 4 is 19.8 Å². The van der Waals surface area contributed by atoms with Crippen LogP contribution in [0.2, 0.25) is 0 Å². The van der Waals surface area contributed by atoms with E-state index in [4.69, 9.17) is 18.5 Å². The summed E-state index contributed by atoms with van der Waals surface area (Å²) in [6, 6.07) is 0. The lowest BCUT2D eigenvalue weighted by atomic mass is 10.1. The van der Waals surface area contributed by atoms with E-state index in [0.29, 0.717) is 23.9 Å². The zero-order valence-electron chi connectivity index (χ0n) is 36.3. The molecule has 2 atom stereocenters. The van der Waals surface area contributed by atoms with Crippen molar-refractivity contribution < 1.29 is 42.1 Å². The third kappa shape index (κ3) is 41.3. The van der Waals surface area contributed by atoms with Crippen molar-refractivity contribution in [3.05, 3.63) is 60.8 Å². The van der Waals surface area contributed by atoms with Gasteiger partial charge in [-0.05, 0) is 83.5 Å². The predicted octanol–water partition coefficient (Wildman–Crippen LogP) is 12.5. The fourth-order valence-corrected chi connectivity index (χ4v) is 6.26. The fraction of sp³-hybridized carbons (Fsp3) is 0.739. The number of hydrogen-bond donors (Lipinski definition) is 1. The van der Waals surface area contributed by atoms with Crippen molar-refractivity contribution in [3.8, 4) is 0 Å². The van der Waals surface area contributed by atoms with Gasteiger partial charge in [-0.3, -0.25) is 18.6 Å². The zero-order valence-corrected chi connectivity index (χ0v) is 37.2. The summed E-state index contributed by atoms with van der Waals surface area (Å²) >= 11 is 0. The molecule has 1 N–H and O–H groups in total. The van der Waals surface area contributed by atoms with Gasteiger partial charge < -0.3 is 18.9 Å². The molecule has 0 rings (SSSR count). The molecule has 324 valence electrons. The first kappa shape index (κ1) is 53.7. The third-order valence-corrected chi connectivity index (χ3v) is 10.0. The second-order valence-electron chi connectivity index (χ2n) is 15.7. The van der Waals surface area contributed by atoms with Gasteiger partial charge in [0.1, 0.15) is 19.8 Å². The van der Waals surface area contributed by atoms with Gasteiger partial charge >= 0.3 is 19.8 Å². The summed E-state index contributed by atoms with van der Waals surface area (Å²) in [6.07, 6.45) is 45.5. The molecule has 0 fully saturated rings. The summed E-state index contributed by atoms with van der Waals surface area (Å²) < 4.78 is 34.2. The summed E-state index contributed by atoms with van der Waals surface area (Å²) in [5, 5.41) is 0. The molecule has 10 heteroatoms. The minimum atomic E-state index is -4.39. The predicted molar refractivity (Wildman–Crippen MR) is 233 cm³/mol. The van der Waals surface area contributed by atoms with Gasteiger partial charge in [-0.2, -0.15) is 0 Å². The largest absolute Gasteiger partial charge is 0.472 e. The average molecular weight is 809 g/mol. The maximum Gasteiger partial charge on any atom is 0.472 e. The number of phosphoric ester groups is 1. The molecule has 0 radical (unpaired) electrons. The molecular formula is C46H83NO8P+. The molecule has 9 nitrogen and oxygen atoms in total. The van der Waals surface area contributed by atoms with Crippen molar-refractivity contribution in [2.75, 3.05) is 47.5 Å². The molecule has 0 aromatic carbocycles. The molecule has 0 amide bonds. The summed E-state index contributed by atoms with van der Waals surface area (Å²) in [6.45, 7) is 4.31. The number of carbonyl (C=O) groups is 2. The highest BCUT2D eigenvalue weighted by Gasteiger charge is 2.27. The van der Waals surface area contributed by atoms with E-state index in [9.17, 15) is 19.0 Å². The van der Waals surface area contributed by atoms with E-state index in [1.54, 1.807) is 0 Å². The lowest BCUT2D eigenvalue weighted by molar-refractivity contribution is -0.870. The highest BCUT2D eigenvalue weighted by molar-refractivity contribution is 7.47. The Morgan fingerprint density at radius 2 is 0.964 bits per heavy atom. The number of unbranched alkanes of at least 4 members (excludes halogenated alkanes) is 15. The molecule has 0 aromatic rings. The summed E-state index contributed by atoms with van der Waals surface area (Å²) in [5.41, 5.74) is 0. The summed E-state index contributed by atoms with van der Waals surface area (Å²) in [4.78, 5) is 35.3. The number of esters is 2. The minimum absolute atomic E-state index is 0.0197. The zero-order chi connectivity index (χ0) is 41.4. The third-order valence-electron chi connectivity index (χ3n) is 9.02. The quantitative estimate of drug-likeness (QED) is 0.0215. The molecule has 0 heterocycles. The SMILES string of the molecule is CCCCC/C=C/C/C=C/C/C=C/CCCCCCC(=O)O[C@H](COC(=O)CCCC/C=C/C/C=C/CCCCCCCC)COP(=O)(O)OCC[N+](C)(C)C. The summed E-state index contributed by atoms with van der Waals surface area (Å²) in [5.74, 6) is -0.866. The number of nitrogens with zero attached hydrogens (tertiary/aromatic N) is 1. The lowest BCUT2D eigenvalue weighted by Crippen LogP contribution is -2.37. The molecule has 0 aliphatic heterocycles. The van der Waals surface area contributed by atoms with Gasteiger partial charge in [-0.1, -0.05) is 132 Å². The Morgan fingerprint density at radius 1 is 0.554 bits per heavy atom. The van der Waals surface area contributed by atoms with E-state index in [1.807, 2.05) is 21.1 Å². The van der Waals surface area contributed by atoms with E-state index >= 15 is 0 Å². The summed E-state index contributed by atoms with van der Waals surface area (Å²) in [7, 11) is 1.44. The topological polar surface area (TPSA) is 108 Å². The molecule has 0 aromatic heterocycles. The van der Waals surface area contributed by atoms with E-state index < -0.39 is 32.5 Å². The molecule has 0 aliphatic rings. The highest BCUT2D eigenvalue weighted by atomic mass is 31.2. The monoisotopic (exact) mass is 809 g/mol. The lowest BCUT2D eigenvalue weighted by Gasteiger charge is -2.24. The number of phosphoric acid groups is 1. The van der Waals surface area contributed by atoms with Crippen LogP contribution in [0.25, 0.3) is 0 Å². The highest BCUT2D eigenvalue weighted by Crippen LogP contribution is 2.43. The number of likely N-dealkylation sites (N-methyl/N-ethyl adjacent to an activating group) is 1. The number of quaternary nitrogens is 1. The maximum atomic E-state index is 12.7. The van der Waals surface area contributed by atoms with E-state index in [0.717, 1.165) is 64.2 Å². The first-order chi connectivity index (χ1) is 27.0. The Hall–Kier alpha value is -2.29. The van der Waals surface area contributed by atoms with E-state index in [2.05, 4.69) is 74.6 Å². The van der Waals surface area contributed by atoms with Crippen molar-refractivity contribution in [2.24, 2.45) is 0 Å². The van der Waals surface area contributed by atoms with Crippen molar-refractivity contribution in [2.45, 2.75) is 174 Å². The molecule has 0 saturated heterocycles. The fourth-order valence-electron chi connectivity index (χ4n) is 5.52. The first-order valence-electron chi connectivity index (χ1n) is 22.0. The van der Waals surface area contributed by atoms with Crippen molar-refractivity contribution in [3.63, 3.8) is 0 Å². The van der Waals surface area contributed by atoms with Crippen LogP contribution in [0.4, 0.5) is 0 Å². The molecule has 0 spiro atoms. The van der Waals surface area contributed by atoms with Crippen LogP contribution < -0.4 is 0 Å². The molecule has 0 aliphatic carbocycles.